The van der Waals surface area contributed by atoms with Gasteiger partial charge in [-0.05, 0) is 31.0 Å². The Bertz CT molecular complexity index is 339. The molecule has 0 aliphatic carbocycles. The Labute approximate surface area is 103 Å². The molecule has 0 radical (unpaired) electrons. The quantitative estimate of drug-likeness (QED) is 0.855. The predicted molar refractivity (Wildman–Crippen MR) is 72.1 cm³/mol. The van der Waals surface area contributed by atoms with Crippen LogP contribution in [0.2, 0.25) is 5.02 Å². The van der Waals surface area contributed by atoms with Crippen LogP contribution in [0.25, 0.3) is 0 Å². The maximum atomic E-state index is 6.15. The molecule has 0 fully saturated rings. The zero-order valence-corrected chi connectivity index (χ0v) is 11.1. The second-order valence-corrected chi connectivity index (χ2v) is 4.64. The first-order valence-corrected chi connectivity index (χ1v) is 6.19. The van der Waals surface area contributed by atoms with Crippen molar-refractivity contribution in [2.75, 3.05) is 11.9 Å². The van der Waals surface area contributed by atoms with Gasteiger partial charge in [0.2, 0.25) is 0 Å². The van der Waals surface area contributed by atoms with Gasteiger partial charge in [0.05, 0.1) is 0 Å². The lowest BCUT2D eigenvalue weighted by molar-refractivity contribution is 0.616. The topological polar surface area (TPSA) is 29.3 Å². The largest absolute Gasteiger partial charge is 0.372 e. The van der Waals surface area contributed by atoms with Crippen molar-refractivity contribution in [3.05, 3.63) is 28.8 Å². The van der Waals surface area contributed by atoms with E-state index < -0.39 is 0 Å². The van der Waals surface area contributed by atoms with Crippen LogP contribution in [0.4, 0.5) is 5.69 Å². The summed E-state index contributed by atoms with van der Waals surface area (Å²) in [6.45, 7) is 4.93. The van der Waals surface area contributed by atoms with Crippen molar-refractivity contribution in [3.8, 4) is 0 Å². The molecule has 0 aliphatic rings. The molecule has 0 amide bonds. The molecule has 90 valence electrons. The summed E-state index contributed by atoms with van der Waals surface area (Å²) in [4.78, 5) is 2.26. The standard InChI is InChI=1S/C13H21ClN2/c1-4-5-10(2)16(3)12-7-6-11(9-15)13(14)8-12/h6-8,10H,4-5,9,15H2,1-3H3. The average Bonchev–Trinajstić information content (AvgIpc) is 2.28. The first-order chi connectivity index (χ1) is 7.60. The van der Waals surface area contributed by atoms with Crippen LogP contribution in [0.15, 0.2) is 18.2 Å². The maximum Gasteiger partial charge on any atom is 0.0471 e. The SMILES string of the molecule is CCCC(C)N(C)c1ccc(CN)c(Cl)c1. The molecule has 0 spiro atoms. The molecule has 2 N–H and O–H groups in total. The molecule has 2 nitrogen and oxygen atoms in total. The summed E-state index contributed by atoms with van der Waals surface area (Å²) in [5.74, 6) is 0. The molecule has 0 saturated heterocycles. The Morgan fingerprint density at radius 1 is 1.44 bits per heavy atom. The van der Waals surface area contributed by atoms with Crippen molar-refractivity contribution in [2.45, 2.75) is 39.3 Å². The highest BCUT2D eigenvalue weighted by molar-refractivity contribution is 6.31. The minimum absolute atomic E-state index is 0.493. The van der Waals surface area contributed by atoms with E-state index in [4.69, 9.17) is 17.3 Å². The molecule has 0 saturated carbocycles. The van der Waals surface area contributed by atoms with Gasteiger partial charge in [-0.2, -0.15) is 0 Å². The number of nitrogens with zero attached hydrogens (tertiary/aromatic N) is 1. The van der Waals surface area contributed by atoms with Gasteiger partial charge >= 0.3 is 0 Å². The van der Waals surface area contributed by atoms with Crippen LogP contribution in [0.3, 0.4) is 0 Å². The maximum absolute atomic E-state index is 6.15. The highest BCUT2D eigenvalue weighted by Crippen LogP contribution is 2.24. The van der Waals surface area contributed by atoms with Crippen molar-refractivity contribution in [2.24, 2.45) is 5.73 Å². The van der Waals surface area contributed by atoms with Gasteiger partial charge in [0, 0.05) is 30.3 Å². The van der Waals surface area contributed by atoms with Gasteiger partial charge in [0.25, 0.3) is 0 Å². The summed E-state index contributed by atoms with van der Waals surface area (Å²) in [5.41, 5.74) is 7.74. The number of halogens is 1. The van der Waals surface area contributed by atoms with Crippen molar-refractivity contribution in [1.82, 2.24) is 0 Å². The number of benzene rings is 1. The molecule has 0 bridgehead atoms. The van der Waals surface area contributed by atoms with E-state index in [9.17, 15) is 0 Å². The van der Waals surface area contributed by atoms with Crippen molar-refractivity contribution in [3.63, 3.8) is 0 Å². The summed E-state index contributed by atoms with van der Waals surface area (Å²) in [7, 11) is 2.11. The van der Waals surface area contributed by atoms with E-state index in [1.807, 2.05) is 12.1 Å². The number of nitrogens with two attached hydrogens (primary N) is 1. The minimum atomic E-state index is 0.493. The smallest absolute Gasteiger partial charge is 0.0471 e. The van der Waals surface area contributed by atoms with Crippen LogP contribution in [-0.2, 0) is 6.54 Å². The van der Waals surface area contributed by atoms with Gasteiger partial charge in [0.15, 0.2) is 0 Å². The van der Waals surface area contributed by atoms with Gasteiger partial charge in [-0.1, -0.05) is 31.0 Å². The molecule has 1 aromatic carbocycles. The van der Waals surface area contributed by atoms with Gasteiger partial charge in [-0.15, -0.1) is 0 Å². The fourth-order valence-corrected chi connectivity index (χ4v) is 2.04. The molecule has 16 heavy (non-hydrogen) atoms. The van der Waals surface area contributed by atoms with E-state index in [0.717, 1.165) is 16.3 Å². The monoisotopic (exact) mass is 240 g/mol. The molecular weight excluding hydrogens is 220 g/mol. The van der Waals surface area contributed by atoms with Crippen LogP contribution < -0.4 is 10.6 Å². The second kappa shape index (κ2) is 6.12. The van der Waals surface area contributed by atoms with E-state index >= 15 is 0 Å². The Hall–Kier alpha value is -0.730. The molecule has 1 atom stereocenters. The highest BCUT2D eigenvalue weighted by Gasteiger charge is 2.10. The van der Waals surface area contributed by atoms with E-state index in [2.05, 4.69) is 31.9 Å². The highest BCUT2D eigenvalue weighted by atomic mass is 35.5. The van der Waals surface area contributed by atoms with Crippen LogP contribution in [0.1, 0.15) is 32.3 Å². The summed E-state index contributed by atoms with van der Waals surface area (Å²) >= 11 is 6.15. The molecule has 0 heterocycles. The second-order valence-electron chi connectivity index (χ2n) is 4.23. The Morgan fingerprint density at radius 2 is 2.12 bits per heavy atom. The predicted octanol–water partition coefficient (Wildman–Crippen LogP) is 3.42. The summed E-state index contributed by atoms with van der Waals surface area (Å²) in [6.07, 6.45) is 2.38. The van der Waals surface area contributed by atoms with Gasteiger partial charge in [-0.3, -0.25) is 0 Å². The molecule has 1 aromatic rings. The zero-order valence-electron chi connectivity index (χ0n) is 10.3. The molecule has 1 unspecified atom stereocenters. The van der Waals surface area contributed by atoms with Gasteiger partial charge in [-0.25, -0.2) is 0 Å². The minimum Gasteiger partial charge on any atom is -0.372 e. The summed E-state index contributed by atoms with van der Waals surface area (Å²) in [6, 6.07) is 6.62. The Balaban J connectivity index is 2.84. The molecule has 0 aliphatic heterocycles. The zero-order chi connectivity index (χ0) is 12.1. The molecular formula is C13H21ClN2. The summed E-state index contributed by atoms with van der Waals surface area (Å²) < 4.78 is 0. The van der Waals surface area contributed by atoms with Gasteiger partial charge in [0.1, 0.15) is 0 Å². The average molecular weight is 241 g/mol. The first kappa shape index (κ1) is 13.3. The number of hydrogen-bond acceptors (Lipinski definition) is 2. The van der Waals surface area contributed by atoms with E-state index in [1.165, 1.54) is 12.8 Å². The third-order valence-corrected chi connectivity index (χ3v) is 3.38. The van der Waals surface area contributed by atoms with E-state index in [1.54, 1.807) is 0 Å². The van der Waals surface area contributed by atoms with Crippen LogP contribution in [-0.4, -0.2) is 13.1 Å². The fraction of sp³-hybridized carbons (Fsp3) is 0.538. The fourth-order valence-electron chi connectivity index (χ4n) is 1.79. The van der Waals surface area contributed by atoms with Crippen LogP contribution in [0.5, 0.6) is 0 Å². The normalized spacial score (nSPS) is 12.6. The van der Waals surface area contributed by atoms with Crippen LogP contribution in [0, 0.1) is 0 Å². The van der Waals surface area contributed by atoms with Crippen molar-refractivity contribution in [1.29, 1.82) is 0 Å². The van der Waals surface area contributed by atoms with Crippen LogP contribution >= 0.6 is 11.6 Å². The Morgan fingerprint density at radius 3 is 2.62 bits per heavy atom. The van der Waals surface area contributed by atoms with Gasteiger partial charge < -0.3 is 10.6 Å². The molecule has 0 aromatic heterocycles. The molecule has 3 heteroatoms. The number of anilines is 1. The number of hydrogen-bond donors (Lipinski definition) is 1. The molecule has 1 rings (SSSR count). The van der Waals surface area contributed by atoms with E-state index in [-0.39, 0.29) is 0 Å². The lowest BCUT2D eigenvalue weighted by atomic mass is 10.1. The Kier molecular flexibility index (Phi) is 5.10. The lowest BCUT2D eigenvalue weighted by Crippen LogP contribution is -2.28. The third kappa shape index (κ3) is 3.13. The number of rotatable bonds is 5. The summed E-state index contributed by atoms with van der Waals surface area (Å²) in [5, 5.41) is 0.760. The first-order valence-electron chi connectivity index (χ1n) is 5.81. The third-order valence-electron chi connectivity index (χ3n) is 3.03. The van der Waals surface area contributed by atoms with Crippen molar-refractivity contribution < 1.29 is 0 Å². The van der Waals surface area contributed by atoms with E-state index in [0.29, 0.717) is 12.6 Å². The van der Waals surface area contributed by atoms with Crippen molar-refractivity contribution >= 4 is 17.3 Å². The lowest BCUT2D eigenvalue weighted by Gasteiger charge is -2.27.